The fourth-order valence-corrected chi connectivity index (χ4v) is 2.69. The predicted octanol–water partition coefficient (Wildman–Crippen LogP) is 2.84. The van der Waals surface area contributed by atoms with Crippen molar-refractivity contribution >= 4 is 29.5 Å². The van der Waals surface area contributed by atoms with Crippen molar-refractivity contribution in [3.05, 3.63) is 56.6 Å². The van der Waals surface area contributed by atoms with Crippen LogP contribution in [0.3, 0.4) is 0 Å². The Kier molecular flexibility index (Phi) is 7.08. The van der Waals surface area contributed by atoms with Gasteiger partial charge in [-0.1, -0.05) is 0 Å². The molecule has 0 aliphatic rings. The smallest absolute Gasteiger partial charge is 0.343 e. The number of benzene rings is 2. The highest BCUT2D eigenvalue weighted by molar-refractivity contribution is 6.03. The van der Waals surface area contributed by atoms with E-state index in [0.717, 1.165) is 5.56 Å². The number of hydrogen-bond donors (Lipinski definition) is 1. The Morgan fingerprint density at radius 3 is 2.37 bits per heavy atom. The number of carbonyl (C=O) groups is 3. The lowest BCUT2D eigenvalue weighted by atomic mass is 10.1. The zero-order valence-electron chi connectivity index (χ0n) is 16.8. The van der Waals surface area contributed by atoms with Gasteiger partial charge in [-0.15, -0.1) is 0 Å². The number of rotatable bonds is 8. The molecule has 158 valence electrons. The molecule has 0 heterocycles. The Bertz CT molecular complexity index is 1020. The average molecular weight is 416 g/mol. The molecule has 2 aromatic carbocycles. The molecule has 10 nitrogen and oxygen atoms in total. The minimum atomic E-state index is -0.988. The first-order chi connectivity index (χ1) is 14.2. The number of aldehydes is 1. The van der Waals surface area contributed by atoms with Crippen LogP contribution in [0.4, 0.5) is 11.4 Å². The number of amides is 1. The molecule has 0 aliphatic heterocycles. The standard InChI is InChI=1S/C20H20N2O8/c1-11-7-14(15(22(26)27)8-12(11)2)21-17(24)10-30-20(25)18-13(9-23)5-6-16(28-3)19(18)29-4/h5-9H,10H2,1-4H3,(H,21,24). The molecule has 0 radical (unpaired) electrons. The summed E-state index contributed by atoms with van der Waals surface area (Å²) in [6, 6.07) is 5.60. The van der Waals surface area contributed by atoms with Crippen LogP contribution in [0, 0.1) is 24.0 Å². The molecule has 10 heteroatoms. The molecule has 0 spiro atoms. The Balaban J connectivity index is 2.20. The van der Waals surface area contributed by atoms with Gasteiger partial charge >= 0.3 is 5.97 Å². The van der Waals surface area contributed by atoms with Crippen molar-refractivity contribution in [2.45, 2.75) is 13.8 Å². The first-order valence-electron chi connectivity index (χ1n) is 8.66. The number of nitro groups is 1. The Morgan fingerprint density at radius 2 is 1.80 bits per heavy atom. The van der Waals surface area contributed by atoms with Gasteiger partial charge in [0.15, 0.2) is 24.4 Å². The van der Waals surface area contributed by atoms with E-state index in [-0.39, 0.29) is 34.0 Å². The summed E-state index contributed by atoms with van der Waals surface area (Å²) >= 11 is 0. The molecule has 0 saturated carbocycles. The van der Waals surface area contributed by atoms with Crippen molar-refractivity contribution < 1.29 is 33.5 Å². The Morgan fingerprint density at radius 1 is 1.13 bits per heavy atom. The average Bonchev–Trinajstić information content (AvgIpc) is 2.72. The molecular formula is C20H20N2O8. The van der Waals surface area contributed by atoms with Crippen molar-refractivity contribution in [2.24, 2.45) is 0 Å². The van der Waals surface area contributed by atoms with Crippen LogP contribution in [0.15, 0.2) is 24.3 Å². The number of nitro benzene ring substituents is 1. The maximum Gasteiger partial charge on any atom is 0.343 e. The van der Waals surface area contributed by atoms with Gasteiger partial charge in [-0.25, -0.2) is 4.79 Å². The summed E-state index contributed by atoms with van der Waals surface area (Å²) in [6.07, 6.45) is 0.442. The van der Waals surface area contributed by atoms with Gasteiger partial charge in [0.1, 0.15) is 11.3 Å². The molecule has 1 amide bonds. The molecule has 2 rings (SSSR count). The van der Waals surface area contributed by atoms with E-state index >= 15 is 0 Å². The van der Waals surface area contributed by atoms with Crippen molar-refractivity contribution in [3.63, 3.8) is 0 Å². The van der Waals surface area contributed by atoms with Gasteiger partial charge in [0.2, 0.25) is 0 Å². The Labute approximate surface area is 171 Å². The largest absolute Gasteiger partial charge is 0.493 e. The summed E-state index contributed by atoms with van der Waals surface area (Å²) in [4.78, 5) is 46.6. The molecule has 0 aromatic heterocycles. The number of nitrogens with one attached hydrogen (secondary N) is 1. The fraction of sp³-hybridized carbons (Fsp3) is 0.250. The molecule has 0 aliphatic carbocycles. The molecule has 0 saturated heterocycles. The number of hydrogen-bond acceptors (Lipinski definition) is 8. The molecule has 0 fully saturated rings. The highest BCUT2D eigenvalue weighted by atomic mass is 16.6. The lowest BCUT2D eigenvalue weighted by Gasteiger charge is -2.14. The second kappa shape index (κ2) is 9.50. The minimum absolute atomic E-state index is 0.0112. The summed E-state index contributed by atoms with van der Waals surface area (Å²) < 4.78 is 15.2. The lowest BCUT2D eigenvalue weighted by Crippen LogP contribution is -2.22. The summed E-state index contributed by atoms with van der Waals surface area (Å²) in [5, 5.41) is 13.6. The zero-order chi connectivity index (χ0) is 22.4. The molecule has 0 bridgehead atoms. The number of carbonyl (C=O) groups excluding carboxylic acids is 3. The van der Waals surface area contributed by atoms with Crippen LogP contribution < -0.4 is 14.8 Å². The van der Waals surface area contributed by atoms with Crippen LogP contribution in [0.5, 0.6) is 11.5 Å². The summed E-state index contributed by atoms with van der Waals surface area (Å²) in [7, 11) is 2.65. The molecule has 0 unspecified atom stereocenters. The fourth-order valence-electron chi connectivity index (χ4n) is 2.69. The number of ether oxygens (including phenoxy) is 3. The molecule has 2 aromatic rings. The van der Waals surface area contributed by atoms with Gasteiger partial charge in [0.05, 0.1) is 19.1 Å². The van der Waals surface area contributed by atoms with Crippen molar-refractivity contribution in [1.82, 2.24) is 0 Å². The summed E-state index contributed by atoms with van der Waals surface area (Å²) in [5.41, 5.74) is 0.925. The van der Waals surface area contributed by atoms with Gasteiger partial charge in [0.25, 0.3) is 11.6 Å². The van der Waals surface area contributed by atoms with Crippen LogP contribution in [0.1, 0.15) is 31.8 Å². The maximum atomic E-state index is 12.5. The normalized spacial score (nSPS) is 10.1. The van der Waals surface area contributed by atoms with Crippen LogP contribution in [-0.2, 0) is 9.53 Å². The van der Waals surface area contributed by atoms with Gasteiger partial charge in [0, 0.05) is 11.6 Å². The number of esters is 1. The van der Waals surface area contributed by atoms with E-state index in [2.05, 4.69) is 5.32 Å². The van der Waals surface area contributed by atoms with Gasteiger partial charge in [-0.3, -0.25) is 19.7 Å². The zero-order valence-corrected chi connectivity index (χ0v) is 16.8. The minimum Gasteiger partial charge on any atom is -0.493 e. The summed E-state index contributed by atoms with van der Waals surface area (Å²) in [5.74, 6) is -1.59. The number of nitrogens with zero attached hydrogens (tertiary/aromatic N) is 1. The second-order valence-corrected chi connectivity index (χ2v) is 6.22. The lowest BCUT2D eigenvalue weighted by molar-refractivity contribution is -0.384. The van der Waals surface area contributed by atoms with Crippen LogP contribution in [-0.4, -0.2) is 43.9 Å². The first kappa shape index (κ1) is 22.3. The molecule has 0 atom stereocenters. The van der Waals surface area contributed by atoms with Gasteiger partial charge in [-0.05, 0) is 43.2 Å². The molecular weight excluding hydrogens is 396 g/mol. The highest BCUT2D eigenvalue weighted by Gasteiger charge is 2.24. The van der Waals surface area contributed by atoms with E-state index in [1.165, 1.54) is 38.5 Å². The quantitative estimate of drug-likeness (QED) is 0.300. The monoisotopic (exact) mass is 416 g/mol. The van der Waals surface area contributed by atoms with Crippen LogP contribution in [0.2, 0.25) is 0 Å². The first-order valence-corrected chi connectivity index (χ1v) is 8.66. The topological polar surface area (TPSA) is 134 Å². The molecule has 1 N–H and O–H groups in total. The van der Waals surface area contributed by atoms with Crippen LogP contribution >= 0.6 is 0 Å². The number of anilines is 1. The number of aryl methyl sites for hydroxylation is 2. The van der Waals surface area contributed by atoms with E-state index in [0.29, 0.717) is 11.8 Å². The van der Waals surface area contributed by atoms with Crippen molar-refractivity contribution in [3.8, 4) is 11.5 Å². The predicted molar refractivity (Wildman–Crippen MR) is 106 cm³/mol. The third-order valence-corrected chi connectivity index (χ3v) is 4.33. The van der Waals surface area contributed by atoms with E-state index in [1.54, 1.807) is 13.8 Å². The third-order valence-electron chi connectivity index (χ3n) is 4.33. The van der Waals surface area contributed by atoms with Crippen molar-refractivity contribution in [1.29, 1.82) is 0 Å². The van der Waals surface area contributed by atoms with Crippen molar-refractivity contribution in [2.75, 3.05) is 26.1 Å². The SMILES string of the molecule is COc1ccc(C=O)c(C(=O)OCC(=O)Nc2cc(C)c(C)cc2[N+](=O)[O-])c1OC. The van der Waals surface area contributed by atoms with E-state index in [4.69, 9.17) is 14.2 Å². The second-order valence-electron chi connectivity index (χ2n) is 6.22. The van der Waals surface area contributed by atoms with Crippen LogP contribution in [0.25, 0.3) is 0 Å². The highest BCUT2D eigenvalue weighted by Crippen LogP contribution is 2.33. The number of methoxy groups -OCH3 is 2. The van der Waals surface area contributed by atoms with E-state index < -0.39 is 23.4 Å². The maximum absolute atomic E-state index is 12.5. The van der Waals surface area contributed by atoms with E-state index in [1.807, 2.05) is 0 Å². The van der Waals surface area contributed by atoms with Gasteiger partial charge < -0.3 is 19.5 Å². The summed E-state index contributed by atoms with van der Waals surface area (Å²) in [6.45, 7) is 2.72. The van der Waals surface area contributed by atoms with Gasteiger partial charge in [-0.2, -0.15) is 0 Å². The Hall–Kier alpha value is -3.95. The molecule has 30 heavy (non-hydrogen) atoms. The third kappa shape index (κ3) is 4.72. The van der Waals surface area contributed by atoms with E-state index in [9.17, 15) is 24.5 Å².